The molecule has 2 saturated carbocycles. The minimum Gasteiger partial charge on any atom is -0.384 e. The van der Waals surface area contributed by atoms with Gasteiger partial charge in [-0.15, -0.1) is 0 Å². The Kier molecular flexibility index (Phi) is 3.76. The first-order valence-corrected chi connectivity index (χ1v) is 7.54. The van der Waals surface area contributed by atoms with Gasteiger partial charge < -0.3 is 9.47 Å². The lowest BCUT2D eigenvalue weighted by Gasteiger charge is -2.32. The van der Waals surface area contributed by atoms with Gasteiger partial charge in [-0.05, 0) is 48.9 Å². The zero-order chi connectivity index (χ0) is 12.5. The second-order valence-electron chi connectivity index (χ2n) is 6.39. The molecule has 0 N–H and O–H groups in total. The predicted octanol–water partition coefficient (Wildman–Crippen LogP) is 3.28. The van der Waals surface area contributed by atoms with Gasteiger partial charge in [-0.3, -0.25) is 0 Å². The van der Waals surface area contributed by atoms with E-state index in [-0.39, 0.29) is 0 Å². The predicted molar refractivity (Wildman–Crippen MR) is 72.4 cm³/mol. The summed E-state index contributed by atoms with van der Waals surface area (Å²) in [6.07, 6.45) is 9.74. The van der Waals surface area contributed by atoms with Gasteiger partial charge in [0, 0.05) is 27.4 Å². The van der Waals surface area contributed by atoms with Crippen LogP contribution in [0.3, 0.4) is 0 Å². The van der Waals surface area contributed by atoms with Crippen molar-refractivity contribution in [3.8, 4) is 0 Å². The van der Waals surface area contributed by atoms with Crippen molar-refractivity contribution in [1.29, 1.82) is 0 Å². The van der Waals surface area contributed by atoms with Gasteiger partial charge in [0.15, 0.2) is 0 Å². The maximum Gasteiger partial charge on any atom is 0.0499 e. The Balaban J connectivity index is 1.76. The lowest BCUT2D eigenvalue weighted by Crippen LogP contribution is -2.30. The molecule has 0 aliphatic heterocycles. The maximum atomic E-state index is 5.48. The molecule has 0 aromatic rings. The normalized spacial score (nSPS) is 39.6. The monoisotopic (exact) mass is 250 g/mol. The molecule has 0 saturated heterocycles. The Bertz CT molecular complexity index is 317. The third kappa shape index (κ3) is 2.04. The van der Waals surface area contributed by atoms with Crippen LogP contribution in [0.15, 0.2) is 11.6 Å². The van der Waals surface area contributed by atoms with E-state index in [1.807, 2.05) is 14.2 Å². The zero-order valence-electron chi connectivity index (χ0n) is 11.7. The van der Waals surface area contributed by atoms with Gasteiger partial charge in [-0.25, -0.2) is 0 Å². The number of hydrogen-bond acceptors (Lipinski definition) is 2. The molecule has 0 unspecified atom stereocenters. The maximum absolute atomic E-state index is 5.48. The third-order valence-electron chi connectivity index (χ3n) is 5.52. The molecule has 102 valence electrons. The van der Waals surface area contributed by atoms with Crippen LogP contribution in [0, 0.1) is 29.6 Å². The van der Waals surface area contributed by atoms with Gasteiger partial charge in [-0.2, -0.15) is 0 Å². The number of rotatable bonds is 5. The summed E-state index contributed by atoms with van der Waals surface area (Å²) in [6.45, 7) is 1.82. The summed E-state index contributed by atoms with van der Waals surface area (Å²) in [5.41, 5.74) is 1.80. The van der Waals surface area contributed by atoms with Crippen LogP contribution >= 0.6 is 0 Å². The van der Waals surface area contributed by atoms with E-state index in [2.05, 4.69) is 6.08 Å². The number of fused-ring (bicyclic) bond motifs is 2. The first-order chi connectivity index (χ1) is 8.85. The highest BCUT2D eigenvalue weighted by molar-refractivity contribution is 5.26. The van der Waals surface area contributed by atoms with Crippen molar-refractivity contribution in [1.82, 2.24) is 0 Å². The molecule has 18 heavy (non-hydrogen) atoms. The van der Waals surface area contributed by atoms with Crippen LogP contribution in [0.25, 0.3) is 0 Å². The molecule has 0 aromatic carbocycles. The van der Waals surface area contributed by atoms with Gasteiger partial charge in [0.05, 0.1) is 0 Å². The van der Waals surface area contributed by atoms with Crippen LogP contribution in [-0.4, -0.2) is 27.4 Å². The van der Waals surface area contributed by atoms with Crippen LogP contribution in [0.4, 0.5) is 0 Å². The van der Waals surface area contributed by atoms with Crippen LogP contribution < -0.4 is 0 Å². The van der Waals surface area contributed by atoms with Gasteiger partial charge >= 0.3 is 0 Å². The SMILES string of the molecule is COC[C@@H]1[C@H](COC)[C@@H]2C=C(C3CCCC3)[C@H]1C2. The Hall–Kier alpha value is -0.340. The van der Waals surface area contributed by atoms with Crippen molar-refractivity contribution < 1.29 is 9.47 Å². The average molecular weight is 250 g/mol. The van der Waals surface area contributed by atoms with Gasteiger partial charge in [0.1, 0.15) is 0 Å². The highest BCUT2D eigenvalue weighted by Crippen LogP contribution is 2.55. The first kappa shape index (κ1) is 12.7. The summed E-state index contributed by atoms with van der Waals surface area (Å²) in [5.74, 6) is 3.89. The number of ether oxygens (including phenoxy) is 2. The molecule has 0 aromatic heterocycles. The number of allylic oxidation sites excluding steroid dienone is 2. The molecule has 3 rings (SSSR count). The van der Waals surface area contributed by atoms with Gasteiger partial charge in [0.25, 0.3) is 0 Å². The third-order valence-corrected chi connectivity index (χ3v) is 5.52. The Labute approximate surface area is 111 Å². The number of methoxy groups -OCH3 is 2. The summed E-state index contributed by atoms with van der Waals surface area (Å²) in [7, 11) is 3.67. The average Bonchev–Trinajstić information content (AvgIpc) is 3.05. The molecule has 0 heterocycles. The Morgan fingerprint density at radius 2 is 1.72 bits per heavy atom. The van der Waals surface area contributed by atoms with Crippen molar-refractivity contribution in [3.63, 3.8) is 0 Å². The van der Waals surface area contributed by atoms with Crippen molar-refractivity contribution >= 4 is 0 Å². The summed E-state index contributed by atoms with van der Waals surface area (Å²) < 4.78 is 10.9. The highest BCUT2D eigenvalue weighted by atomic mass is 16.5. The summed E-state index contributed by atoms with van der Waals surface area (Å²) in [5, 5.41) is 0. The second-order valence-corrected chi connectivity index (χ2v) is 6.39. The quantitative estimate of drug-likeness (QED) is 0.697. The molecular weight excluding hydrogens is 224 g/mol. The molecule has 3 aliphatic rings. The topological polar surface area (TPSA) is 18.5 Å². The van der Waals surface area contributed by atoms with Crippen LogP contribution in [0.2, 0.25) is 0 Å². The first-order valence-electron chi connectivity index (χ1n) is 7.54. The van der Waals surface area contributed by atoms with Crippen molar-refractivity contribution in [2.45, 2.75) is 32.1 Å². The smallest absolute Gasteiger partial charge is 0.0499 e. The molecule has 2 heteroatoms. The van der Waals surface area contributed by atoms with E-state index in [9.17, 15) is 0 Å². The van der Waals surface area contributed by atoms with Crippen LogP contribution in [-0.2, 0) is 9.47 Å². The minimum atomic E-state index is 0.699. The van der Waals surface area contributed by atoms with E-state index >= 15 is 0 Å². The Morgan fingerprint density at radius 3 is 2.39 bits per heavy atom. The lowest BCUT2D eigenvalue weighted by atomic mass is 9.76. The minimum absolute atomic E-state index is 0.699. The molecule has 3 aliphatic carbocycles. The summed E-state index contributed by atoms with van der Waals surface area (Å²) in [4.78, 5) is 0. The van der Waals surface area contributed by atoms with Gasteiger partial charge in [0.2, 0.25) is 0 Å². The fourth-order valence-corrected chi connectivity index (χ4v) is 4.77. The second kappa shape index (κ2) is 5.34. The standard InChI is InChI=1S/C16H26O2/c1-17-9-15-12-7-13(11-5-3-4-6-11)14(8-12)16(15)10-18-2/h7,11-12,14-16H,3-6,8-10H2,1-2H3/t12-,14-,15-,16+/m1/s1. The fourth-order valence-electron chi connectivity index (χ4n) is 4.77. The van der Waals surface area contributed by atoms with Gasteiger partial charge in [-0.1, -0.05) is 24.5 Å². The van der Waals surface area contributed by atoms with E-state index < -0.39 is 0 Å². The van der Waals surface area contributed by atoms with E-state index in [4.69, 9.17) is 9.47 Å². The molecule has 2 fully saturated rings. The molecule has 0 spiro atoms. The fraction of sp³-hybridized carbons (Fsp3) is 0.875. The Morgan fingerprint density at radius 1 is 1.06 bits per heavy atom. The van der Waals surface area contributed by atoms with Crippen molar-refractivity contribution in [2.75, 3.05) is 27.4 Å². The summed E-state index contributed by atoms with van der Waals surface area (Å²) >= 11 is 0. The van der Waals surface area contributed by atoms with Crippen LogP contribution in [0.5, 0.6) is 0 Å². The molecule has 0 amide bonds. The highest BCUT2D eigenvalue weighted by Gasteiger charge is 2.49. The summed E-state index contributed by atoms with van der Waals surface area (Å²) in [6, 6.07) is 0. The molecule has 4 atom stereocenters. The zero-order valence-corrected chi connectivity index (χ0v) is 11.7. The molecule has 2 bridgehead atoms. The van der Waals surface area contributed by atoms with E-state index in [0.29, 0.717) is 11.8 Å². The molecular formula is C16H26O2. The number of hydrogen-bond donors (Lipinski definition) is 0. The van der Waals surface area contributed by atoms with E-state index in [1.165, 1.54) is 32.1 Å². The van der Waals surface area contributed by atoms with Crippen molar-refractivity contribution in [2.24, 2.45) is 29.6 Å². The largest absolute Gasteiger partial charge is 0.384 e. The lowest BCUT2D eigenvalue weighted by molar-refractivity contribution is 0.0609. The van der Waals surface area contributed by atoms with E-state index in [0.717, 1.165) is 31.0 Å². The molecule has 0 radical (unpaired) electrons. The van der Waals surface area contributed by atoms with E-state index in [1.54, 1.807) is 5.57 Å². The molecule has 2 nitrogen and oxygen atoms in total. The van der Waals surface area contributed by atoms with Crippen LogP contribution in [0.1, 0.15) is 32.1 Å². The van der Waals surface area contributed by atoms with Crippen molar-refractivity contribution in [3.05, 3.63) is 11.6 Å².